The van der Waals surface area contributed by atoms with Crippen LogP contribution in [-0.4, -0.2) is 43.8 Å². The average Bonchev–Trinajstić information content (AvgIpc) is 3.42. The van der Waals surface area contributed by atoms with Gasteiger partial charge in [-0.15, -0.1) is 0 Å². The first-order valence-electron chi connectivity index (χ1n) is 15.8. The van der Waals surface area contributed by atoms with Gasteiger partial charge in [0.1, 0.15) is 0 Å². The van der Waals surface area contributed by atoms with E-state index in [0.29, 0.717) is 6.42 Å². The normalized spacial score (nSPS) is 13.1. The summed E-state index contributed by atoms with van der Waals surface area (Å²) in [6.45, 7) is 7.90. The molecule has 0 spiro atoms. The average molecular weight is 551 g/mol. The van der Waals surface area contributed by atoms with Gasteiger partial charge in [0.05, 0.1) is 17.8 Å². The van der Waals surface area contributed by atoms with Crippen LogP contribution in [0.2, 0.25) is 0 Å². The minimum Gasteiger partial charge on any atom is -0.361 e. The molecule has 0 atom stereocenters. The Bertz CT molecular complexity index is 811. The fraction of sp³-hybridized carbons (Fsp3) is 0.781. The number of unbranched alkanes of at least 4 members (excludes halogenated alkanes) is 17. The molecule has 0 amide bonds. The van der Waals surface area contributed by atoms with Gasteiger partial charge in [0.25, 0.3) is 10.1 Å². The molecule has 2 rings (SSSR count). The molecule has 0 aromatic heterocycles. The van der Waals surface area contributed by atoms with Crippen molar-refractivity contribution in [2.45, 2.75) is 147 Å². The lowest BCUT2D eigenvalue weighted by Crippen LogP contribution is -2.20. The monoisotopic (exact) mass is 550 g/mol. The predicted molar refractivity (Wildman–Crippen MR) is 164 cm³/mol. The third kappa shape index (κ3) is 18.8. The molecule has 1 heterocycles. The fourth-order valence-electron chi connectivity index (χ4n) is 4.98. The van der Waals surface area contributed by atoms with E-state index in [-0.39, 0.29) is 4.90 Å². The van der Waals surface area contributed by atoms with Crippen molar-refractivity contribution in [1.29, 1.82) is 0 Å². The maximum Gasteiger partial charge on any atom is 0.294 e. The summed E-state index contributed by atoms with van der Waals surface area (Å²) in [5.41, 5.74) is 0.726. The molecule has 220 valence electrons. The molecule has 0 radical (unpaired) electrons. The van der Waals surface area contributed by atoms with Gasteiger partial charge in [0, 0.05) is 13.1 Å². The summed E-state index contributed by atoms with van der Waals surface area (Å²) >= 11 is 0. The second kappa shape index (κ2) is 23.5. The summed E-state index contributed by atoms with van der Waals surface area (Å²) in [5, 5.41) is 0. The number of nitrogens with zero attached hydrogens (tertiary/aromatic N) is 2. The van der Waals surface area contributed by atoms with E-state index < -0.39 is 10.1 Å². The van der Waals surface area contributed by atoms with Crippen molar-refractivity contribution in [2.24, 2.45) is 4.99 Å². The molecule has 0 bridgehead atoms. The Morgan fingerprint density at radius 1 is 0.711 bits per heavy atom. The van der Waals surface area contributed by atoms with E-state index in [4.69, 9.17) is 0 Å². The molecule has 1 aliphatic rings. The van der Waals surface area contributed by atoms with Crippen LogP contribution in [0.4, 0.5) is 0 Å². The zero-order valence-electron chi connectivity index (χ0n) is 24.7. The second-order valence-corrected chi connectivity index (χ2v) is 12.3. The molecular formula is C32H58N2O3S. The Morgan fingerprint density at radius 2 is 1.18 bits per heavy atom. The van der Waals surface area contributed by atoms with Crippen LogP contribution < -0.4 is 0 Å². The Hall–Kier alpha value is -1.40. The maximum absolute atomic E-state index is 11.3. The third-order valence-corrected chi connectivity index (χ3v) is 8.31. The minimum absolute atomic E-state index is 0.0610. The van der Waals surface area contributed by atoms with Crippen LogP contribution in [0.1, 0.15) is 141 Å². The summed E-state index contributed by atoms with van der Waals surface area (Å²) in [5.74, 6) is 0. The molecule has 1 aromatic carbocycles. The molecular weight excluding hydrogens is 492 g/mol. The van der Waals surface area contributed by atoms with Gasteiger partial charge in [-0.2, -0.15) is 8.42 Å². The highest BCUT2D eigenvalue weighted by Crippen LogP contribution is 2.18. The quantitative estimate of drug-likeness (QED) is 0.115. The largest absolute Gasteiger partial charge is 0.361 e. The van der Waals surface area contributed by atoms with E-state index >= 15 is 0 Å². The van der Waals surface area contributed by atoms with E-state index in [1.165, 1.54) is 122 Å². The summed E-state index contributed by atoms with van der Waals surface area (Å²) in [6.07, 6.45) is 28.1. The number of hydrogen-bond donors (Lipinski definition) is 1. The SMILES string of the molecule is CCCCCCCCCCCCc1ccccc1S(=O)(=O)O.CCCCCCCCCCCN1C=NCC1. The molecule has 1 aromatic rings. The second-order valence-electron chi connectivity index (χ2n) is 10.9. The molecule has 6 heteroatoms. The van der Waals surface area contributed by atoms with Gasteiger partial charge in [-0.25, -0.2) is 0 Å². The van der Waals surface area contributed by atoms with Gasteiger partial charge in [0.2, 0.25) is 0 Å². The van der Waals surface area contributed by atoms with E-state index in [1.807, 2.05) is 12.4 Å². The molecule has 0 fully saturated rings. The molecule has 1 N–H and O–H groups in total. The van der Waals surface area contributed by atoms with Crippen molar-refractivity contribution in [2.75, 3.05) is 19.6 Å². The van der Waals surface area contributed by atoms with Gasteiger partial charge in [-0.3, -0.25) is 9.55 Å². The van der Waals surface area contributed by atoms with Crippen LogP contribution >= 0.6 is 0 Å². The van der Waals surface area contributed by atoms with E-state index in [0.717, 1.165) is 31.5 Å². The number of hydrogen-bond acceptors (Lipinski definition) is 4. The van der Waals surface area contributed by atoms with Crippen LogP contribution in [0.25, 0.3) is 0 Å². The summed E-state index contributed by atoms with van der Waals surface area (Å²) in [6, 6.07) is 6.73. The molecule has 0 saturated heterocycles. The Balaban J connectivity index is 0.000000399. The topological polar surface area (TPSA) is 70.0 Å². The van der Waals surface area contributed by atoms with Gasteiger partial charge >= 0.3 is 0 Å². The molecule has 38 heavy (non-hydrogen) atoms. The third-order valence-electron chi connectivity index (χ3n) is 7.36. The van der Waals surface area contributed by atoms with Crippen LogP contribution in [0.5, 0.6) is 0 Å². The first-order valence-corrected chi connectivity index (χ1v) is 17.2. The molecule has 0 saturated carbocycles. The maximum atomic E-state index is 11.3. The van der Waals surface area contributed by atoms with Crippen LogP contribution in [0.15, 0.2) is 34.2 Å². The highest BCUT2D eigenvalue weighted by molar-refractivity contribution is 7.85. The summed E-state index contributed by atoms with van der Waals surface area (Å²) < 4.78 is 31.8. The number of aliphatic imine (C=N–C) groups is 1. The van der Waals surface area contributed by atoms with Gasteiger partial charge in [0.15, 0.2) is 0 Å². The van der Waals surface area contributed by atoms with Crippen molar-refractivity contribution in [1.82, 2.24) is 4.90 Å². The highest BCUT2D eigenvalue weighted by atomic mass is 32.2. The summed E-state index contributed by atoms with van der Waals surface area (Å²) in [7, 11) is -4.10. The van der Waals surface area contributed by atoms with Gasteiger partial charge < -0.3 is 4.90 Å². The Kier molecular flexibility index (Phi) is 21.4. The number of benzene rings is 1. The lowest BCUT2D eigenvalue weighted by atomic mass is 10.0. The molecule has 0 unspecified atom stereocenters. The van der Waals surface area contributed by atoms with Crippen LogP contribution in [0.3, 0.4) is 0 Å². The fourth-order valence-corrected chi connectivity index (χ4v) is 5.73. The van der Waals surface area contributed by atoms with Crippen molar-refractivity contribution in [3.8, 4) is 0 Å². The van der Waals surface area contributed by atoms with Crippen LogP contribution in [-0.2, 0) is 16.5 Å². The van der Waals surface area contributed by atoms with E-state index in [1.54, 1.807) is 12.1 Å². The molecule has 5 nitrogen and oxygen atoms in total. The lowest BCUT2D eigenvalue weighted by molar-refractivity contribution is 0.438. The smallest absolute Gasteiger partial charge is 0.294 e. The molecule has 1 aliphatic heterocycles. The van der Waals surface area contributed by atoms with Gasteiger partial charge in [-0.1, -0.05) is 141 Å². The summed E-state index contributed by atoms with van der Waals surface area (Å²) in [4.78, 5) is 6.63. The Morgan fingerprint density at radius 3 is 1.66 bits per heavy atom. The van der Waals surface area contributed by atoms with Crippen molar-refractivity contribution < 1.29 is 13.0 Å². The minimum atomic E-state index is -4.10. The highest BCUT2D eigenvalue weighted by Gasteiger charge is 2.13. The zero-order valence-corrected chi connectivity index (χ0v) is 25.5. The van der Waals surface area contributed by atoms with E-state index in [9.17, 15) is 13.0 Å². The molecule has 0 aliphatic carbocycles. The number of rotatable bonds is 22. The van der Waals surface area contributed by atoms with Gasteiger partial charge in [-0.05, 0) is 30.9 Å². The van der Waals surface area contributed by atoms with Crippen molar-refractivity contribution in [3.05, 3.63) is 29.8 Å². The van der Waals surface area contributed by atoms with E-state index in [2.05, 4.69) is 23.7 Å². The zero-order chi connectivity index (χ0) is 27.7. The predicted octanol–water partition coefficient (Wildman–Crippen LogP) is 9.26. The van der Waals surface area contributed by atoms with Crippen molar-refractivity contribution in [3.63, 3.8) is 0 Å². The standard InChI is InChI=1S/C18H30O3S.C14H28N2/c1-2-3-4-5-6-7-8-9-10-11-14-17-15-12-13-16-18(17)22(19,20)21;1-2-3-4-5-6-7-8-9-10-12-16-13-11-15-14-16/h12-13,15-16H,2-11,14H2,1H3,(H,19,20,21);14H,2-13H2,1H3. The van der Waals surface area contributed by atoms with Crippen molar-refractivity contribution >= 4 is 16.5 Å². The van der Waals surface area contributed by atoms with Crippen LogP contribution in [0, 0.1) is 0 Å². The number of aryl methyl sites for hydroxylation is 1. The first-order chi connectivity index (χ1) is 18.5. The lowest BCUT2D eigenvalue weighted by Gasteiger charge is -2.12. The first kappa shape index (κ1) is 34.6. The Labute approximate surface area is 235 Å².